The quantitative estimate of drug-likeness (QED) is 0.573. The molecule has 2 N–H and O–H groups in total. The normalized spacial score (nSPS) is 15.9. The van der Waals surface area contributed by atoms with Gasteiger partial charge in [-0.1, -0.05) is 36.4 Å². The van der Waals surface area contributed by atoms with Crippen LogP contribution in [0.5, 0.6) is 0 Å². The third-order valence-electron chi connectivity index (χ3n) is 4.63. The molecule has 30 heavy (non-hydrogen) atoms. The number of carbonyl (C=O) groups excluding carboxylic acids is 2. The van der Waals surface area contributed by atoms with Crippen LogP contribution in [-0.4, -0.2) is 21.1 Å². The molecule has 1 atom stereocenters. The van der Waals surface area contributed by atoms with Crippen LogP contribution >= 0.6 is 11.8 Å². The number of anilines is 1. The summed E-state index contributed by atoms with van der Waals surface area (Å²) in [6.45, 7) is 4.05. The SMILES string of the molecule is Cc1cc(C=C2SC(=O)NC2=O)cc(-c2cncc(N[C@@H](C)c3ccccc3)n2)c1. The number of benzene rings is 2. The summed E-state index contributed by atoms with van der Waals surface area (Å²) in [5.41, 5.74) is 4.63. The van der Waals surface area contributed by atoms with Crippen LogP contribution in [0.1, 0.15) is 29.7 Å². The van der Waals surface area contributed by atoms with Gasteiger partial charge in [0, 0.05) is 11.6 Å². The summed E-state index contributed by atoms with van der Waals surface area (Å²) < 4.78 is 0. The molecular weight excluding hydrogens is 396 g/mol. The molecular formula is C23H20N4O2S. The number of nitrogens with zero attached hydrogens (tertiary/aromatic N) is 2. The van der Waals surface area contributed by atoms with E-state index in [2.05, 4.69) is 34.7 Å². The zero-order chi connectivity index (χ0) is 21.1. The van der Waals surface area contributed by atoms with E-state index < -0.39 is 0 Å². The Morgan fingerprint density at radius 2 is 1.90 bits per heavy atom. The van der Waals surface area contributed by atoms with Crippen molar-refractivity contribution >= 4 is 34.8 Å². The zero-order valence-corrected chi connectivity index (χ0v) is 17.4. The van der Waals surface area contributed by atoms with Gasteiger partial charge in [-0.15, -0.1) is 0 Å². The Labute approximate surface area is 178 Å². The van der Waals surface area contributed by atoms with Crippen molar-refractivity contribution in [3.8, 4) is 11.3 Å². The Kier molecular flexibility index (Phi) is 5.63. The first-order valence-electron chi connectivity index (χ1n) is 9.48. The smallest absolute Gasteiger partial charge is 0.290 e. The van der Waals surface area contributed by atoms with E-state index in [0.29, 0.717) is 10.7 Å². The number of rotatable bonds is 5. The predicted molar refractivity (Wildman–Crippen MR) is 120 cm³/mol. The summed E-state index contributed by atoms with van der Waals surface area (Å²) in [5, 5.41) is 5.31. The predicted octanol–water partition coefficient (Wildman–Crippen LogP) is 4.95. The highest BCUT2D eigenvalue weighted by Gasteiger charge is 2.25. The number of carbonyl (C=O) groups is 2. The van der Waals surface area contributed by atoms with Crippen LogP contribution in [0, 0.1) is 6.92 Å². The van der Waals surface area contributed by atoms with Crippen LogP contribution in [0.4, 0.5) is 10.6 Å². The van der Waals surface area contributed by atoms with Crippen LogP contribution in [0.15, 0.2) is 65.8 Å². The minimum atomic E-state index is -0.367. The molecule has 1 aromatic heterocycles. The van der Waals surface area contributed by atoms with Crippen molar-refractivity contribution in [2.75, 3.05) is 5.32 Å². The minimum absolute atomic E-state index is 0.0870. The minimum Gasteiger partial charge on any atom is -0.362 e. The van der Waals surface area contributed by atoms with Crippen molar-refractivity contribution < 1.29 is 9.59 Å². The van der Waals surface area contributed by atoms with Crippen molar-refractivity contribution in [1.29, 1.82) is 0 Å². The average molecular weight is 417 g/mol. The van der Waals surface area contributed by atoms with Crippen LogP contribution in [0.2, 0.25) is 0 Å². The fourth-order valence-corrected chi connectivity index (χ4v) is 3.92. The molecule has 0 saturated carbocycles. The molecule has 3 aromatic rings. The Balaban J connectivity index is 1.61. The molecule has 0 radical (unpaired) electrons. The number of thioether (sulfide) groups is 1. The van der Waals surface area contributed by atoms with Crippen molar-refractivity contribution in [2.45, 2.75) is 19.9 Å². The first-order valence-corrected chi connectivity index (χ1v) is 10.3. The van der Waals surface area contributed by atoms with E-state index in [-0.39, 0.29) is 17.2 Å². The molecule has 2 aromatic carbocycles. The molecule has 1 fully saturated rings. The number of hydrogen-bond donors (Lipinski definition) is 2. The lowest BCUT2D eigenvalue weighted by atomic mass is 10.0. The summed E-state index contributed by atoms with van der Waals surface area (Å²) in [4.78, 5) is 32.7. The van der Waals surface area contributed by atoms with Crippen LogP contribution < -0.4 is 10.6 Å². The van der Waals surface area contributed by atoms with Crippen molar-refractivity contribution in [3.05, 3.63) is 82.5 Å². The van der Waals surface area contributed by atoms with E-state index in [1.807, 2.05) is 43.3 Å². The number of aryl methyl sites for hydroxylation is 1. The molecule has 1 aliphatic heterocycles. The Bertz CT molecular complexity index is 1140. The maximum atomic E-state index is 11.8. The lowest BCUT2D eigenvalue weighted by Gasteiger charge is -2.15. The summed E-state index contributed by atoms with van der Waals surface area (Å²) in [5.74, 6) is 0.315. The molecule has 1 saturated heterocycles. The highest BCUT2D eigenvalue weighted by atomic mass is 32.2. The van der Waals surface area contributed by atoms with Gasteiger partial charge in [0.05, 0.1) is 23.0 Å². The molecule has 0 unspecified atom stereocenters. The van der Waals surface area contributed by atoms with Crippen molar-refractivity contribution in [2.24, 2.45) is 0 Å². The number of amides is 2. The Morgan fingerprint density at radius 1 is 1.10 bits per heavy atom. The van der Waals surface area contributed by atoms with Gasteiger partial charge < -0.3 is 5.32 Å². The van der Waals surface area contributed by atoms with Gasteiger partial charge in [0.25, 0.3) is 11.1 Å². The second-order valence-electron chi connectivity index (χ2n) is 7.05. The van der Waals surface area contributed by atoms with Crippen molar-refractivity contribution in [1.82, 2.24) is 15.3 Å². The number of imide groups is 1. The fourth-order valence-electron chi connectivity index (χ4n) is 3.24. The Morgan fingerprint density at radius 3 is 2.63 bits per heavy atom. The second kappa shape index (κ2) is 8.51. The number of aromatic nitrogens is 2. The van der Waals surface area contributed by atoms with Crippen molar-refractivity contribution in [3.63, 3.8) is 0 Å². The highest BCUT2D eigenvalue weighted by molar-refractivity contribution is 8.18. The van der Waals surface area contributed by atoms with Gasteiger partial charge in [-0.05, 0) is 60.5 Å². The first-order chi connectivity index (χ1) is 14.5. The van der Waals surface area contributed by atoms with Gasteiger partial charge in [0.15, 0.2) is 0 Å². The molecule has 150 valence electrons. The van der Waals surface area contributed by atoms with Gasteiger partial charge in [0.2, 0.25) is 0 Å². The molecule has 2 heterocycles. The molecule has 7 heteroatoms. The topological polar surface area (TPSA) is 84.0 Å². The van der Waals surface area contributed by atoms with Gasteiger partial charge in [-0.3, -0.25) is 19.9 Å². The number of hydrogen-bond acceptors (Lipinski definition) is 6. The van der Waals surface area contributed by atoms with Gasteiger partial charge >= 0.3 is 0 Å². The van der Waals surface area contributed by atoms with E-state index in [9.17, 15) is 9.59 Å². The Hall–Kier alpha value is -3.45. The zero-order valence-electron chi connectivity index (χ0n) is 16.5. The molecule has 1 aliphatic rings. The molecule has 0 bridgehead atoms. The second-order valence-corrected chi connectivity index (χ2v) is 8.07. The third kappa shape index (κ3) is 4.58. The summed E-state index contributed by atoms with van der Waals surface area (Å²) >= 11 is 0.907. The van der Waals surface area contributed by atoms with Crippen LogP contribution in [0.25, 0.3) is 17.3 Å². The monoisotopic (exact) mass is 416 g/mol. The molecule has 0 aliphatic carbocycles. The molecule has 6 nitrogen and oxygen atoms in total. The van der Waals surface area contributed by atoms with Gasteiger partial charge in [-0.25, -0.2) is 4.98 Å². The van der Waals surface area contributed by atoms with Gasteiger partial charge in [0.1, 0.15) is 5.82 Å². The maximum absolute atomic E-state index is 11.8. The summed E-state index contributed by atoms with van der Waals surface area (Å²) in [6, 6.07) is 16.1. The molecule has 2 amide bonds. The largest absolute Gasteiger partial charge is 0.362 e. The average Bonchev–Trinajstić information content (AvgIpc) is 3.05. The lowest BCUT2D eigenvalue weighted by molar-refractivity contribution is -0.115. The van der Waals surface area contributed by atoms with E-state index in [1.165, 1.54) is 0 Å². The van der Waals surface area contributed by atoms with E-state index in [0.717, 1.165) is 39.7 Å². The third-order valence-corrected chi connectivity index (χ3v) is 5.44. The summed E-state index contributed by atoms with van der Waals surface area (Å²) in [6.07, 6.45) is 5.13. The number of nitrogens with one attached hydrogen (secondary N) is 2. The summed E-state index contributed by atoms with van der Waals surface area (Å²) in [7, 11) is 0. The standard InChI is InChI=1S/C23H20N4O2S/c1-14-8-16(11-20-22(28)27-23(29)30-20)10-18(9-14)19-12-24-13-21(26-19)25-15(2)17-6-4-3-5-7-17/h3-13,15H,1-2H3,(H,25,26)(H,27,28,29)/t15-/m0/s1. The lowest BCUT2D eigenvalue weighted by Crippen LogP contribution is -2.17. The van der Waals surface area contributed by atoms with Crippen LogP contribution in [0.3, 0.4) is 0 Å². The fraction of sp³-hybridized carbons (Fsp3) is 0.130. The highest BCUT2D eigenvalue weighted by Crippen LogP contribution is 2.28. The molecule has 0 spiro atoms. The van der Waals surface area contributed by atoms with E-state index in [4.69, 9.17) is 4.98 Å². The van der Waals surface area contributed by atoms with E-state index in [1.54, 1.807) is 18.5 Å². The van der Waals surface area contributed by atoms with Crippen LogP contribution in [-0.2, 0) is 4.79 Å². The maximum Gasteiger partial charge on any atom is 0.290 e. The first kappa shape index (κ1) is 19.8. The van der Waals surface area contributed by atoms with Gasteiger partial charge in [-0.2, -0.15) is 0 Å². The van der Waals surface area contributed by atoms with E-state index >= 15 is 0 Å². The molecule has 4 rings (SSSR count).